The highest BCUT2D eigenvalue weighted by molar-refractivity contribution is 5.65. The topological polar surface area (TPSA) is 26.0 Å². The van der Waals surface area contributed by atoms with Gasteiger partial charge in [-0.25, -0.2) is 13.2 Å². The third-order valence-electron chi connectivity index (χ3n) is 2.49. The van der Waals surface area contributed by atoms with Crippen LogP contribution in [-0.2, 0) is 6.54 Å². The van der Waals surface area contributed by atoms with Crippen LogP contribution in [0.25, 0.3) is 11.1 Å². The minimum absolute atomic E-state index is 0.0347. The van der Waals surface area contributed by atoms with Crippen molar-refractivity contribution in [3.05, 3.63) is 59.4 Å². The second-order valence-corrected chi connectivity index (χ2v) is 3.64. The van der Waals surface area contributed by atoms with E-state index in [2.05, 4.69) is 0 Å². The second-order valence-electron chi connectivity index (χ2n) is 3.64. The Labute approximate surface area is 96.7 Å². The fraction of sp³-hybridized carbons (Fsp3) is 0.0769. The van der Waals surface area contributed by atoms with Gasteiger partial charge in [0.05, 0.1) is 0 Å². The molecule has 88 valence electrons. The summed E-state index contributed by atoms with van der Waals surface area (Å²) >= 11 is 0. The van der Waals surface area contributed by atoms with Crippen molar-refractivity contribution < 1.29 is 13.2 Å². The van der Waals surface area contributed by atoms with Crippen LogP contribution < -0.4 is 5.73 Å². The molecule has 0 atom stereocenters. The lowest BCUT2D eigenvalue weighted by atomic mass is 10.0. The largest absolute Gasteiger partial charge is 0.326 e. The maximum Gasteiger partial charge on any atom is 0.134 e. The number of hydrogen-bond donors (Lipinski definition) is 1. The van der Waals surface area contributed by atoms with Gasteiger partial charge in [-0.3, -0.25) is 0 Å². The highest BCUT2D eigenvalue weighted by atomic mass is 19.1. The maximum atomic E-state index is 13.7. The normalized spacial score (nSPS) is 10.6. The molecule has 0 saturated carbocycles. The van der Waals surface area contributed by atoms with Crippen molar-refractivity contribution in [2.75, 3.05) is 0 Å². The van der Waals surface area contributed by atoms with Gasteiger partial charge in [0.1, 0.15) is 17.5 Å². The first-order valence-electron chi connectivity index (χ1n) is 5.05. The van der Waals surface area contributed by atoms with Gasteiger partial charge in [-0.05, 0) is 23.8 Å². The monoisotopic (exact) mass is 237 g/mol. The Morgan fingerprint density at radius 2 is 1.41 bits per heavy atom. The Kier molecular flexibility index (Phi) is 3.15. The summed E-state index contributed by atoms with van der Waals surface area (Å²) in [4.78, 5) is 0. The summed E-state index contributed by atoms with van der Waals surface area (Å²) in [5.74, 6) is -2.05. The molecule has 2 aromatic carbocycles. The first-order chi connectivity index (χ1) is 8.11. The molecule has 0 fully saturated rings. The Balaban J connectivity index is 2.53. The molecule has 0 unspecified atom stereocenters. The van der Waals surface area contributed by atoms with Crippen LogP contribution in [0.2, 0.25) is 0 Å². The van der Waals surface area contributed by atoms with Gasteiger partial charge < -0.3 is 5.73 Å². The number of halogens is 3. The molecule has 2 aromatic rings. The Morgan fingerprint density at radius 3 is 1.94 bits per heavy atom. The number of hydrogen-bond acceptors (Lipinski definition) is 1. The van der Waals surface area contributed by atoms with Crippen molar-refractivity contribution in [1.82, 2.24) is 0 Å². The van der Waals surface area contributed by atoms with Gasteiger partial charge in [-0.2, -0.15) is 0 Å². The third kappa shape index (κ3) is 2.31. The average Bonchev–Trinajstić information content (AvgIpc) is 2.30. The summed E-state index contributed by atoms with van der Waals surface area (Å²) in [5.41, 5.74) is 6.12. The van der Waals surface area contributed by atoms with E-state index in [0.29, 0.717) is 5.56 Å². The van der Waals surface area contributed by atoms with Crippen molar-refractivity contribution >= 4 is 0 Å². The molecule has 0 aliphatic carbocycles. The SMILES string of the molecule is NCc1ccc(-c2ccc(F)cc2F)c(F)c1. The Hall–Kier alpha value is -1.81. The summed E-state index contributed by atoms with van der Waals surface area (Å²) in [6, 6.07) is 7.33. The predicted octanol–water partition coefficient (Wildman–Crippen LogP) is 3.23. The van der Waals surface area contributed by atoms with Gasteiger partial charge in [0.25, 0.3) is 0 Å². The molecule has 0 heterocycles. The molecule has 0 saturated heterocycles. The van der Waals surface area contributed by atoms with Crippen LogP contribution in [0, 0.1) is 17.5 Å². The van der Waals surface area contributed by atoms with E-state index in [-0.39, 0.29) is 17.7 Å². The summed E-state index contributed by atoms with van der Waals surface area (Å²) in [6.07, 6.45) is 0. The van der Waals surface area contributed by atoms with Crippen LogP contribution in [0.15, 0.2) is 36.4 Å². The second kappa shape index (κ2) is 4.59. The molecule has 0 spiro atoms. The molecule has 0 aliphatic heterocycles. The van der Waals surface area contributed by atoms with E-state index in [0.717, 1.165) is 12.1 Å². The zero-order chi connectivity index (χ0) is 12.4. The van der Waals surface area contributed by atoms with E-state index >= 15 is 0 Å². The fourth-order valence-corrected chi connectivity index (χ4v) is 1.61. The lowest BCUT2D eigenvalue weighted by Gasteiger charge is -2.06. The van der Waals surface area contributed by atoms with Crippen LogP contribution in [0.1, 0.15) is 5.56 Å². The summed E-state index contributed by atoms with van der Waals surface area (Å²) < 4.78 is 39.9. The van der Waals surface area contributed by atoms with Crippen molar-refractivity contribution in [3.63, 3.8) is 0 Å². The maximum absolute atomic E-state index is 13.7. The van der Waals surface area contributed by atoms with Crippen LogP contribution >= 0.6 is 0 Å². The van der Waals surface area contributed by atoms with Crippen LogP contribution in [0.4, 0.5) is 13.2 Å². The van der Waals surface area contributed by atoms with E-state index in [1.165, 1.54) is 18.2 Å². The van der Waals surface area contributed by atoms with Gasteiger partial charge >= 0.3 is 0 Å². The van der Waals surface area contributed by atoms with Gasteiger partial charge in [0.2, 0.25) is 0 Å². The molecule has 0 aliphatic rings. The predicted molar refractivity (Wildman–Crippen MR) is 59.6 cm³/mol. The molecule has 0 bridgehead atoms. The molecule has 4 heteroatoms. The number of nitrogens with two attached hydrogens (primary N) is 1. The van der Waals surface area contributed by atoms with Crippen molar-refractivity contribution in [3.8, 4) is 11.1 Å². The Morgan fingerprint density at radius 1 is 0.824 bits per heavy atom. The van der Waals surface area contributed by atoms with E-state index in [9.17, 15) is 13.2 Å². The highest BCUT2D eigenvalue weighted by Gasteiger charge is 2.11. The molecular formula is C13H10F3N. The van der Waals surface area contributed by atoms with Gasteiger partial charge in [-0.1, -0.05) is 12.1 Å². The van der Waals surface area contributed by atoms with Crippen molar-refractivity contribution in [2.24, 2.45) is 5.73 Å². The molecule has 2 N–H and O–H groups in total. The molecular weight excluding hydrogens is 227 g/mol. The lowest BCUT2D eigenvalue weighted by Crippen LogP contribution is -1.98. The first-order valence-corrected chi connectivity index (χ1v) is 5.05. The quantitative estimate of drug-likeness (QED) is 0.852. The van der Waals surface area contributed by atoms with Crippen LogP contribution in [0.5, 0.6) is 0 Å². The summed E-state index contributed by atoms with van der Waals surface area (Å²) in [7, 11) is 0. The van der Waals surface area contributed by atoms with Gasteiger partial charge in [-0.15, -0.1) is 0 Å². The van der Waals surface area contributed by atoms with Crippen LogP contribution in [0.3, 0.4) is 0 Å². The van der Waals surface area contributed by atoms with E-state index in [1.54, 1.807) is 6.07 Å². The van der Waals surface area contributed by atoms with E-state index in [4.69, 9.17) is 5.73 Å². The molecule has 1 nitrogen and oxygen atoms in total. The zero-order valence-electron chi connectivity index (χ0n) is 8.88. The molecule has 0 radical (unpaired) electrons. The highest BCUT2D eigenvalue weighted by Crippen LogP contribution is 2.26. The van der Waals surface area contributed by atoms with Gasteiger partial charge in [0, 0.05) is 23.7 Å². The Bertz CT molecular complexity index is 552. The minimum atomic E-state index is -0.788. The van der Waals surface area contributed by atoms with E-state index in [1.807, 2.05) is 0 Å². The first kappa shape index (κ1) is 11.7. The average molecular weight is 237 g/mol. The van der Waals surface area contributed by atoms with Gasteiger partial charge in [0.15, 0.2) is 0 Å². The van der Waals surface area contributed by atoms with Crippen molar-refractivity contribution in [1.29, 1.82) is 0 Å². The molecule has 17 heavy (non-hydrogen) atoms. The molecule has 2 rings (SSSR count). The summed E-state index contributed by atoms with van der Waals surface area (Å²) in [5, 5.41) is 0. The zero-order valence-corrected chi connectivity index (χ0v) is 8.88. The van der Waals surface area contributed by atoms with E-state index < -0.39 is 17.5 Å². The molecule has 0 amide bonds. The number of rotatable bonds is 2. The van der Waals surface area contributed by atoms with Crippen molar-refractivity contribution in [2.45, 2.75) is 6.54 Å². The lowest BCUT2D eigenvalue weighted by molar-refractivity contribution is 0.582. The third-order valence-corrected chi connectivity index (χ3v) is 2.49. The smallest absolute Gasteiger partial charge is 0.134 e. The minimum Gasteiger partial charge on any atom is -0.326 e. The molecule has 0 aromatic heterocycles. The summed E-state index contributed by atoms with van der Waals surface area (Å²) in [6.45, 7) is 0.211. The van der Waals surface area contributed by atoms with Crippen LogP contribution in [-0.4, -0.2) is 0 Å². The standard InChI is InChI=1S/C13H10F3N/c14-9-2-4-11(13(16)6-9)10-3-1-8(7-17)5-12(10)15/h1-6H,7,17H2. The number of benzene rings is 2. The fourth-order valence-electron chi connectivity index (χ4n) is 1.61.